The van der Waals surface area contributed by atoms with E-state index in [1.807, 2.05) is 11.6 Å². The van der Waals surface area contributed by atoms with Crippen molar-refractivity contribution >= 4 is 29.9 Å². The van der Waals surface area contributed by atoms with Gasteiger partial charge < -0.3 is 10.6 Å². The number of hydrogen-bond acceptors (Lipinski definition) is 3. The highest BCUT2D eigenvalue weighted by molar-refractivity contribution is 14.0. The second-order valence-corrected chi connectivity index (χ2v) is 7.55. The van der Waals surface area contributed by atoms with E-state index in [9.17, 15) is 13.2 Å². The summed E-state index contributed by atoms with van der Waals surface area (Å²) >= 11 is 0. The largest absolute Gasteiger partial charge is 0.401 e. The molecule has 0 amide bonds. The van der Waals surface area contributed by atoms with Gasteiger partial charge in [0.1, 0.15) is 0 Å². The Balaban J connectivity index is 0.00000420. The van der Waals surface area contributed by atoms with Crippen LogP contribution >= 0.6 is 24.0 Å². The van der Waals surface area contributed by atoms with Gasteiger partial charge in [-0.25, -0.2) is 0 Å². The van der Waals surface area contributed by atoms with Crippen LogP contribution in [0.4, 0.5) is 13.2 Å². The summed E-state index contributed by atoms with van der Waals surface area (Å²) in [4.78, 5) is 5.74. The highest BCUT2D eigenvalue weighted by Gasteiger charge is 2.32. The van der Waals surface area contributed by atoms with E-state index in [4.69, 9.17) is 0 Å². The van der Waals surface area contributed by atoms with E-state index in [0.29, 0.717) is 19.0 Å². The summed E-state index contributed by atoms with van der Waals surface area (Å²) in [6, 6.07) is 2.07. The Labute approximate surface area is 188 Å². The molecular weight excluding hydrogens is 496 g/mol. The number of hydrogen-bond donors (Lipinski definition) is 2. The lowest BCUT2D eigenvalue weighted by Crippen LogP contribution is -2.41. The molecule has 0 spiro atoms. The van der Waals surface area contributed by atoms with Crippen LogP contribution in [-0.4, -0.2) is 66.6 Å². The predicted molar refractivity (Wildman–Crippen MR) is 121 cm³/mol. The van der Waals surface area contributed by atoms with Gasteiger partial charge in [0.25, 0.3) is 0 Å². The number of aliphatic imine (C=N–C) groups is 1. The molecular formula is C19H34F3IN6. The molecule has 2 N–H and O–H groups in total. The number of likely N-dealkylation sites (tertiary alicyclic amines) is 1. The molecule has 1 aliphatic rings. The summed E-state index contributed by atoms with van der Waals surface area (Å²) < 4.78 is 39.3. The van der Waals surface area contributed by atoms with E-state index in [1.54, 1.807) is 7.05 Å². The van der Waals surface area contributed by atoms with E-state index in [2.05, 4.69) is 33.7 Å². The van der Waals surface area contributed by atoms with Crippen LogP contribution in [0, 0.1) is 19.8 Å². The van der Waals surface area contributed by atoms with E-state index >= 15 is 0 Å². The standard InChI is InChI=1S/C19H33F3N6.HI/c1-15-13-16(2)28(26-15)10-4-8-24-18(23-3)25-9-5-17-6-11-27(12-7-17)14-19(20,21)22;/h13,17H,4-12,14H2,1-3H3,(H2,23,24,25);1H. The maximum atomic E-state index is 12.4. The lowest BCUT2D eigenvalue weighted by atomic mass is 9.93. The first-order chi connectivity index (χ1) is 13.3. The molecule has 0 radical (unpaired) electrons. The molecule has 1 aromatic heterocycles. The van der Waals surface area contributed by atoms with Crippen LogP contribution in [0.25, 0.3) is 0 Å². The number of alkyl halides is 3. The van der Waals surface area contributed by atoms with Crippen molar-refractivity contribution in [2.45, 2.75) is 52.3 Å². The Kier molecular flexibility index (Phi) is 11.3. The topological polar surface area (TPSA) is 57.5 Å². The predicted octanol–water partition coefficient (Wildman–Crippen LogP) is 3.34. The van der Waals surface area contributed by atoms with E-state index in [0.717, 1.165) is 57.0 Å². The van der Waals surface area contributed by atoms with Crippen molar-refractivity contribution in [1.29, 1.82) is 0 Å². The maximum absolute atomic E-state index is 12.4. The van der Waals surface area contributed by atoms with Gasteiger partial charge in [-0.05, 0) is 64.6 Å². The van der Waals surface area contributed by atoms with Crippen LogP contribution in [0.3, 0.4) is 0 Å². The summed E-state index contributed by atoms with van der Waals surface area (Å²) in [5.41, 5.74) is 2.20. The molecule has 0 aliphatic carbocycles. The van der Waals surface area contributed by atoms with Crippen molar-refractivity contribution in [3.8, 4) is 0 Å². The van der Waals surface area contributed by atoms with Crippen LogP contribution in [0.5, 0.6) is 0 Å². The van der Waals surface area contributed by atoms with Crippen LogP contribution in [0.15, 0.2) is 11.1 Å². The first-order valence-electron chi connectivity index (χ1n) is 10.0. The number of nitrogens with one attached hydrogen (secondary N) is 2. The summed E-state index contributed by atoms with van der Waals surface area (Å²) in [6.07, 6.45) is -0.549. The molecule has 0 atom stereocenters. The average Bonchev–Trinajstić information content (AvgIpc) is 2.94. The summed E-state index contributed by atoms with van der Waals surface area (Å²) in [6.45, 7) is 6.77. The molecule has 1 aromatic rings. The van der Waals surface area contributed by atoms with E-state index in [1.165, 1.54) is 10.6 Å². The number of guanidine groups is 1. The molecule has 168 valence electrons. The molecule has 1 saturated heterocycles. The van der Waals surface area contributed by atoms with Crippen LogP contribution in [0.1, 0.15) is 37.1 Å². The lowest BCUT2D eigenvalue weighted by Gasteiger charge is -2.32. The van der Waals surface area contributed by atoms with Gasteiger partial charge in [-0.3, -0.25) is 14.6 Å². The molecule has 6 nitrogen and oxygen atoms in total. The minimum Gasteiger partial charge on any atom is -0.356 e. The summed E-state index contributed by atoms with van der Waals surface area (Å²) in [5, 5.41) is 11.1. The Morgan fingerprint density at radius 3 is 2.41 bits per heavy atom. The lowest BCUT2D eigenvalue weighted by molar-refractivity contribution is -0.148. The normalized spacial score (nSPS) is 16.6. The zero-order valence-corrected chi connectivity index (χ0v) is 19.9. The minimum atomic E-state index is -4.10. The SMILES string of the molecule is CN=C(NCCCn1nc(C)cc1C)NCCC1CCN(CC(F)(F)F)CC1.I. The minimum absolute atomic E-state index is 0. The Morgan fingerprint density at radius 2 is 1.86 bits per heavy atom. The van der Waals surface area contributed by atoms with Crippen molar-refractivity contribution in [1.82, 2.24) is 25.3 Å². The van der Waals surface area contributed by atoms with Gasteiger partial charge in [0.15, 0.2) is 5.96 Å². The molecule has 2 rings (SSSR count). The molecule has 1 fully saturated rings. The monoisotopic (exact) mass is 530 g/mol. The van der Waals surface area contributed by atoms with Gasteiger partial charge in [-0.15, -0.1) is 24.0 Å². The van der Waals surface area contributed by atoms with Crippen molar-refractivity contribution in [2.75, 3.05) is 39.8 Å². The van der Waals surface area contributed by atoms with E-state index in [-0.39, 0.29) is 24.0 Å². The van der Waals surface area contributed by atoms with Crippen molar-refractivity contribution in [2.24, 2.45) is 10.9 Å². The molecule has 0 unspecified atom stereocenters. The molecule has 0 aromatic carbocycles. The number of halogens is 4. The molecule has 2 heterocycles. The summed E-state index contributed by atoms with van der Waals surface area (Å²) in [7, 11) is 1.74. The van der Waals surface area contributed by atoms with Gasteiger partial charge >= 0.3 is 6.18 Å². The van der Waals surface area contributed by atoms with Crippen LogP contribution in [0.2, 0.25) is 0 Å². The number of aromatic nitrogens is 2. The van der Waals surface area contributed by atoms with Gasteiger partial charge in [0.05, 0.1) is 12.2 Å². The molecule has 1 aliphatic heterocycles. The van der Waals surface area contributed by atoms with Gasteiger partial charge in [-0.1, -0.05) is 0 Å². The molecule has 0 bridgehead atoms. The third kappa shape index (κ3) is 10.0. The Hall–Kier alpha value is -1.04. The quantitative estimate of drug-likeness (QED) is 0.235. The van der Waals surface area contributed by atoms with Crippen molar-refractivity contribution in [3.05, 3.63) is 17.5 Å². The maximum Gasteiger partial charge on any atom is 0.401 e. The number of nitrogens with zero attached hydrogens (tertiary/aromatic N) is 4. The highest BCUT2D eigenvalue weighted by atomic mass is 127. The van der Waals surface area contributed by atoms with Crippen molar-refractivity contribution in [3.63, 3.8) is 0 Å². The van der Waals surface area contributed by atoms with E-state index < -0.39 is 12.7 Å². The number of piperidine rings is 1. The van der Waals surface area contributed by atoms with Gasteiger partial charge in [0, 0.05) is 32.4 Å². The van der Waals surface area contributed by atoms with Crippen LogP contribution < -0.4 is 10.6 Å². The number of rotatable bonds is 8. The zero-order valence-electron chi connectivity index (χ0n) is 17.6. The first kappa shape index (κ1) is 26.0. The Morgan fingerprint density at radius 1 is 1.21 bits per heavy atom. The van der Waals surface area contributed by atoms with Crippen LogP contribution in [-0.2, 0) is 6.54 Å². The molecule has 29 heavy (non-hydrogen) atoms. The fraction of sp³-hybridized carbons (Fsp3) is 0.789. The second kappa shape index (κ2) is 12.6. The number of aryl methyl sites for hydroxylation is 3. The molecule has 10 heteroatoms. The second-order valence-electron chi connectivity index (χ2n) is 7.55. The van der Waals surface area contributed by atoms with Crippen molar-refractivity contribution < 1.29 is 13.2 Å². The fourth-order valence-corrected chi connectivity index (χ4v) is 3.64. The average molecular weight is 530 g/mol. The smallest absolute Gasteiger partial charge is 0.356 e. The van der Waals surface area contributed by atoms with Gasteiger partial charge in [-0.2, -0.15) is 18.3 Å². The highest BCUT2D eigenvalue weighted by Crippen LogP contribution is 2.23. The third-order valence-electron chi connectivity index (χ3n) is 5.12. The summed E-state index contributed by atoms with van der Waals surface area (Å²) in [5.74, 6) is 1.24. The molecule has 0 saturated carbocycles. The third-order valence-corrected chi connectivity index (χ3v) is 5.12. The fourth-order valence-electron chi connectivity index (χ4n) is 3.64. The zero-order chi connectivity index (χ0) is 20.6. The first-order valence-corrected chi connectivity index (χ1v) is 10.0. The van der Waals surface area contributed by atoms with Gasteiger partial charge in [0.2, 0.25) is 0 Å². The Bertz CT molecular complexity index is 624.